The average Bonchev–Trinajstić information content (AvgIpc) is 2.31. The summed E-state index contributed by atoms with van der Waals surface area (Å²) in [4.78, 5) is 4.17. The van der Waals surface area contributed by atoms with E-state index in [1.807, 2.05) is 36.5 Å². The monoisotopic (exact) mass is 199 g/mol. The minimum atomic E-state index is 0.659. The van der Waals surface area contributed by atoms with Gasteiger partial charge in [0.2, 0.25) is 5.88 Å². The number of pyridine rings is 1. The van der Waals surface area contributed by atoms with E-state index in [0.717, 1.165) is 6.42 Å². The van der Waals surface area contributed by atoms with Crippen molar-refractivity contribution in [1.82, 2.24) is 4.98 Å². The Balaban J connectivity index is 2.11. The molecule has 0 bridgehead atoms. The molecule has 0 radical (unpaired) electrons. The van der Waals surface area contributed by atoms with Gasteiger partial charge in [-0.1, -0.05) is 36.4 Å². The van der Waals surface area contributed by atoms with E-state index in [4.69, 9.17) is 4.74 Å². The first-order valence-electron chi connectivity index (χ1n) is 4.91. The molecule has 0 aliphatic heterocycles. The minimum Gasteiger partial charge on any atom is -0.481 e. The third kappa shape index (κ3) is 2.56. The van der Waals surface area contributed by atoms with Gasteiger partial charge in [-0.15, -0.1) is 0 Å². The quantitative estimate of drug-likeness (QED) is 0.758. The Morgan fingerprint density at radius 2 is 1.80 bits per heavy atom. The lowest BCUT2D eigenvalue weighted by Crippen LogP contribution is -1.91. The van der Waals surface area contributed by atoms with Gasteiger partial charge in [-0.05, 0) is 17.5 Å². The molecule has 2 rings (SSSR count). The molecule has 0 spiro atoms. The standard InChI is InChI=1S/C13H13NO/c1-15-13-8-7-12(10-14-13)9-11-5-3-2-4-6-11/h2-8,10H,9H2,1H3. The highest BCUT2D eigenvalue weighted by atomic mass is 16.5. The maximum absolute atomic E-state index is 5.01. The van der Waals surface area contributed by atoms with Gasteiger partial charge in [-0.25, -0.2) is 4.98 Å². The number of hydrogen-bond acceptors (Lipinski definition) is 2. The maximum atomic E-state index is 5.01. The molecule has 0 saturated carbocycles. The van der Waals surface area contributed by atoms with Crippen molar-refractivity contribution in [2.45, 2.75) is 6.42 Å². The molecule has 76 valence electrons. The summed E-state index contributed by atoms with van der Waals surface area (Å²) in [6.45, 7) is 0. The molecule has 2 nitrogen and oxygen atoms in total. The Bertz CT molecular complexity index is 408. The summed E-state index contributed by atoms with van der Waals surface area (Å²) < 4.78 is 5.01. The molecule has 1 aromatic heterocycles. The van der Waals surface area contributed by atoms with Crippen molar-refractivity contribution in [3.8, 4) is 5.88 Å². The Morgan fingerprint density at radius 3 is 2.40 bits per heavy atom. The van der Waals surface area contributed by atoms with Crippen molar-refractivity contribution < 1.29 is 4.74 Å². The zero-order chi connectivity index (χ0) is 10.5. The largest absolute Gasteiger partial charge is 0.481 e. The smallest absolute Gasteiger partial charge is 0.212 e. The number of nitrogens with zero attached hydrogens (tertiary/aromatic N) is 1. The normalized spacial score (nSPS) is 9.93. The summed E-state index contributed by atoms with van der Waals surface area (Å²) >= 11 is 0. The van der Waals surface area contributed by atoms with Gasteiger partial charge in [0.1, 0.15) is 0 Å². The molecule has 0 unspecified atom stereocenters. The Labute approximate surface area is 89.6 Å². The molecule has 0 atom stereocenters. The predicted octanol–water partition coefficient (Wildman–Crippen LogP) is 2.68. The van der Waals surface area contributed by atoms with E-state index in [1.54, 1.807) is 7.11 Å². The average molecular weight is 199 g/mol. The zero-order valence-corrected chi connectivity index (χ0v) is 8.68. The van der Waals surface area contributed by atoms with Crippen LogP contribution in [-0.4, -0.2) is 12.1 Å². The van der Waals surface area contributed by atoms with Crippen LogP contribution in [0.5, 0.6) is 5.88 Å². The van der Waals surface area contributed by atoms with Gasteiger partial charge in [0.05, 0.1) is 7.11 Å². The van der Waals surface area contributed by atoms with Crippen molar-refractivity contribution in [2.24, 2.45) is 0 Å². The Hall–Kier alpha value is -1.83. The van der Waals surface area contributed by atoms with Gasteiger partial charge in [0.25, 0.3) is 0 Å². The lowest BCUT2D eigenvalue weighted by molar-refractivity contribution is 0.397. The van der Waals surface area contributed by atoms with Crippen LogP contribution in [0.25, 0.3) is 0 Å². The molecule has 0 aliphatic carbocycles. The first-order chi connectivity index (χ1) is 7.38. The maximum Gasteiger partial charge on any atom is 0.212 e. The van der Waals surface area contributed by atoms with Crippen molar-refractivity contribution in [3.63, 3.8) is 0 Å². The van der Waals surface area contributed by atoms with Crippen molar-refractivity contribution in [1.29, 1.82) is 0 Å². The minimum absolute atomic E-state index is 0.659. The molecular formula is C13H13NO. The van der Waals surface area contributed by atoms with Crippen LogP contribution >= 0.6 is 0 Å². The number of benzene rings is 1. The van der Waals surface area contributed by atoms with E-state index < -0.39 is 0 Å². The third-order valence-corrected chi connectivity index (χ3v) is 2.26. The summed E-state index contributed by atoms with van der Waals surface area (Å²) in [5.41, 5.74) is 2.49. The SMILES string of the molecule is COc1ccc(Cc2ccccc2)cn1. The highest BCUT2D eigenvalue weighted by molar-refractivity contribution is 5.25. The predicted molar refractivity (Wildman–Crippen MR) is 60.0 cm³/mol. The van der Waals surface area contributed by atoms with E-state index in [9.17, 15) is 0 Å². The lowest BCUT2D eigenvalue weighted by atomic mass is 10.1. The highest BCUT2D eigenvalue weighted by Crippen LogP contribution is 2.11. The number of methoxy groups -OCH3 is 1. The molecule has 2 heteroatoms. The number of rotatable bonds is 3. The zero-order valence-electron chi connectivity index (χ0n) is 8.68. The van der Waals surface area contributed by atoms with Gasteiger partial charge >= 0.3 is 0 Å². The molecule has 15 heavy (non-hydrogen) atoms. The Morgan fingerprint density at radius 1 is 1.00 bits per heavy atom. The van der Waals surface area contributed by atoms with Crippen molar-refractivity contribution >= 4 is 0 Å². The third-order valence-electron chi connectivity index (χ3n) is 2.26. The summed E-state index contributed by atoms with van der Waals surface area (Å²) in [6, 6.07) is 14.3. The molecular weight excluding hydrogens is 186 g/mol. The van der Waals surface area contributed by atoms with Crippen molar-refractivity contribution in [2.75, 3.05) is 7.11 Å². The van der Waals surface area contributed by atoms with Crippen LogP contribution in [0.1, 0.15) is 11.1 Å². The van der Waals surface area contributed by atoms with E-state index in [2.05, 4.69) is 17.1 Å². The van der Waals surface area contributed by atoms with Crippen LogP contribution in [0.4, 0.5) is 0 Å². The van der Waals surface area contributed by atoms with E-state index in [1.165, 1.54) is 11.1 Å². The first-order valence-corrected chi connectivity index (χ1v) is 4.91. The fraction of sp³-hybridized carbons (Fsp3) is 0.154. The van der Waals surface area contributed by atoms with Crippen LogP contribution in [0.3, 0.4) is 0 Å². The molecule has 0 aliphatic rings. The molecule has 1 heterocycles. The molecule has 2 aromatic rings. The number of aromatic nitrogens is 1. The fourth-order valence-electron chi connectivity index (χ4n) is 1.47. The van der Waals surface area contributed by atoms with Gasteiger partial charge in [0.15, 0.2) is 0 Å². The highest BCUT2D eigenvalue weighted by Gasteiger charge is 1.97. The van der Waals surface area contributed by atoms with Crippen LogP contribution in [0.15, 0.2) is 48.7 Å². The first kappa shape index (κ1) is 9.71. The van der Waals surface area contributed by atoms with Crippen LogP contribution in [0, 0.1) is 0 Å². The van der Waals surface area contributed by atoms with E-state index in [0.29, 0.717) is 5.88 Å². The van der Waals surface area contributed by atoms with Crippen LogP contribution < -0.4 is 4.74 Å². The van der Waals surface area contributed by atoms with Crippen LogP contribution in [0.2, 0.25) is 0 Å². The summed E-state index contributed by atoms with van der Waals surface area (Å²) in [5.74, 6) is 0.659. The summed E-state index contributed by atoms with van der Waals surface area (Å²) in [7, 11) is 1.62. The molecule has 1 aromatic carbocycles. The van der Waals surface area contributed by atoms with Gasteiger partial charge in [0, 0.05) is 12.3 Å². The molecule has 0 N–H and O–H groups in total. The number of hydrogen-bond donors (Lipinski definition) is 0. The summed E-state index contributed by atoms with van der Waals surface area (Å²) in [6.07, 6.45) is 2.77. The van der Waals surface area contributed by atoms with Gasteiger partial charge in [-0.3, -0.25) is 0 Å². The second-order valence-electron chi connectivity index (χ2n) is 3.37. The molecule has 0 fully saturated rings. The lowest BCUT2D eigenvalue weighted by Gasteiger charge is -2.02. The van der Waals surface area contributed by atoms with Crippen molar-refractivity contribution in [3.05, 3.63) is 59.8 Å². The van der Waals surface area contributed by atoms with Gasteiger partial charge < -0.3 is 4.74 Å². The molecule has 0 saturated heterocycles. The van der Waals surface area contributed by atoms with E-state index in [-0.39, 0.29) is 0 Å². The van der Waals surface area contributed by atoms with E-state index >= 15 is 0 Å². The van der Waals surface area contributed by atoms with Gasteiger partial charge in [-0.2, -0.15) is 0 Å². The summed E-state index contributed by atoms with van der Waals surface area (Å²) in [5, 5.41) is 0. The second kappa shape index (κ2) is 4.60. The van der Waals surface area contributed by atoms with Crippen LogP contribution in [-0.2, 0) is 6.42 Å². The fourth-order valence-corrected chi connectivity index (χ4v) is 1.47. The molecule has 0 amide bonds. The topological polar surface area (TPSA) is 22.1 Å². The Kier molecular flexibility index (Phi) is 2.98. The number of ether oxygens (including phenoxy) is 1. The second-order valence-corrected chi connectivity index (χ2v) is 3.37.